The number of urea groups is 1. The highest BCUT2D eigenvalue weighted by molar-refractivity contribution is 5.77. The number of rotatable bonds is 3. The molecule has 8 nitrogen and oxygen atoms in total. The number of carbonyl (C=O) groups is 2. The molecule has 3 aliphatic heterocycles. The van der Waals surface area contributed by atoms with Gasteiger partial charge in [-0.2, -0.15) is 0 Å². The van der Waals surface area contributed by atoms with Crippen molar-refractivity contribution in [2.75, 3.05) is 32.7 Å². The van der Waals surface area contributed by atoms with Gasteiger partial charge in [-0.05, 0) is 65.5 Å². The van der Waals surface area contributed by atoms with E-state index in [2.05, 4.69) is 22.1 Å². The molecular formula is C24H37N5O3. The van der Waals surface area contributed by atoms with Gasteiger partial charge in [-0.15, -0.1) is 0 Å². The highest BCUT2D eigenvalue weighted by Crippen LogP contribution is 2.35. The van der Waals surface area contributed by atoms with Crippen LogP contribution in [-0.2, 0) is 4.74 Å². The summed E-state index contributed by atoms with van der Waals surface area (Å²) < 4.78 is 5.54. The molecule has 1 atom stereocenters. The summed E-state index contributed by atoms with van der Waals surface area (Å²) in [5, 5.41) is 3.01. The summed E-state index contributed by atoms with van der Waals surface area (Å²) in [5.41, 5.74) is 0.570. The lowest BCUT2D eigenvalue weighted by Crippen LogP contribution is -2.58. The van der Waals surface area contributed by atoms with Crippen LogP contribution in [0.2, 0.25) is 0 Å². The van der Waals surface area contributed by atoms with E-state index in [1.165, 1.54) is 0 Å². The maximum Gasteiger partial charge on any atom is 0.410 e. The molecule has 176 valence electrons. The molecule has 32 heavy (non-hydrogen) atoms. The molecule has 3 amide bonds. The highest BCUT2D eigenvalue weighted by atomic mass is 16.6. The summed E-state index contributed by atoms with van der Waals surface area (Å²) in [7, 11) is 0. The minimum atomic E-state index is -0.464. The molecule has 0 radical (unpaired) electrons. The third-order valence-electron chi connectivity index (χ3n) is 7.16. The number of hydrogen-bond donors (Lipinski definition) is 1. The number of hydrogen-bond acceptors (Lipinski definition) is 5. The lowest BCUT2D eigenvalue weighted by atomic mass is 9.85. The van der Waals surface area contributed by atoms with E-state index in [-0.39, 0.29) is 29.7 Å². The van der Waals surface area contributed by atoms with Crippen LogP contribution in [-0.4, -0.2) is 81.7 Å². The quantitative estimate of drug-likeness (QED) is 0.775. The number of likely N-dealkylation sites (tertiary alicyclic amines) is 2. The predicted octanol–water partition coefficient (Wildman–Crippen LogP) is 3.40. The Morgan fingerprint density at radius 1 is 1.16 bits per heavy atom. The van der Waals surface area contributed by atoms with Crippen molar-refractivity contribution in [1.29, 1.82) is 0 Å². The Kier molecular flexibility index (Phi) is 6.34. The van der Waals surface area contributed by atoms with Crippen LogP contribution in [0, 0.1) is 0 Å². The van der Waals surface area contributed by atoms with Gasteiger partial charge in [0, 0.05) is 50.5 Å². The number of amides is 3. The zero-order valence-corrected chi connectivity index (χ0v) is 19.8. The molecule has 3 aliphatic rings. The summed E-state index contributed by atoms with van der Waals surface area (Å²) in [6.07, 6.45) is 5.39. The number of carbonyl (C=O) groups excluding carboxylic acids is 2. The summed E-state index contributed by atoms with van der Waals surface area (Å²) >= 11 is 0. The minimum Gasteiger partial charge on any atom is -0.444 e. The normalized spacial score (nSPS) is 25.0. The van der Waals surface area contributed by atoms with Crippen LogP contribution in [0.1, 0.15) is 65.1 Å². The van der Waals surface area contributed by atoms with Crippen LogP contribution in [0.5, 0.6) is 0 Å². The Labute approximate surface area is 191 Å². The standard InChI is InChI=1S/C24H37N5O3/c1-23(2,3)32-22(31)27-15-10-24(4,11-16-27)28-13-8-18(9-14-28)29-20(17-26-21(29)30)19-7-5-6-12-25-19/h5-7,12,18,20H,8-11,13-17H2,1-4H3,(H,26,30)/t20-/m0/s1. The molecule has 1 aromatic heterocycles. The van der Waals surface area contributed by atoms with Gasteiger partial charge < -0.3 is 19.9 Å². The highest BCUT2D eigenvalue weighted by Gasteiger charge is 2.43. The van der Waals surface area contributed by atoms with E-state index in [1.807, 2.05) is 48.8 Å². The van der Waals surface area contributed by atoms with Crippen molar-refractivity contribution in [3.63, 3.8) is 0 Å². The van der Waals surface area contributed by atoms with Gasteiger partial charge in [0.1, 0.15) is 5.60 Å². The molecule has 1 aromatic rings. The number of nitrogens with one attached hydrogen (secondary N) is 1. The Hall–Kier alpha value is -2.35. The number of nitrogens with zero attached hydrogens (tertiary/aromatic N) is 4. The fourth-order valence-corrected chi connectivity index (χ4v) is 5.25. The second kappa shape index (κ2) is 8.89. The van der Waals surface area contributed by atoms with Crippen molar-refractivity contribution < 1.29 is 14.3 Å². The minimum absolute atomic E-state index is 0.00732. The number of aromatic nitrogens is 1. The first kappa shape index (κ1) is 22.8. The first-order chi connectivity index (χ1) is 15.2. The third kappa shape index (κ3) is 4.85. The van der Waals surface area contributed by atoms with E-state index in [0.717, 1.165) is 57.6 Å². The summed E-state index contributed by atoms with van der Waals surface area (Å²) in [4.78, 5) is 36.0. The van der Waals surface area contributed by atoms with E-state index in [1.54, 1.807) is 6.20 Å². The summed E-state index contributed by atoms with van der Waals surface area (Å²) in [5.74, 6) is 0. The molecule has 1 N–H and O–H groups in total. The molecule has 8 heteroatoms. The van der Waals surface area contributed by atoms with Crippen molar-refractivity contribution in [1.82, 2.24) is 25.0 Å². The third-order valence-corrected chi connectivity index (χ3v) is 7.16. The van der Waals surface area contributed by atoms with E-state index in [4.69, 9.17) is 4.74 Å². The van der Waals surface area contributed by atoms with E-state index in [0.29, 0.717) is 6.54 Å². The van der Waals surface area contributed by atoms with Gasteiger partial charge >= 0.3 is 12.1 Å². The second-order valence-corrected chi connectivity index (χ2v) is 10.5. The van der Waals surface area contributed by atoms with E-state index < -0.39 is 5.60 Å². The summed E-state index contributed by atoms with van der Waals surface area (Å²) in [6, 6.07) is 6.16. The molecule has 0 unspecified atom stereocenters. The first-order valence-corrected chi connectivity index (χ1v) is 11.9. The molecule has 0 bridgehead atoms. The Morgan fingerprint density at radius 3 is 2.44 bits per heavy atom. The fourth-order valence-electron chi connectivity index (χ4n) is 5.25. The lowest BCUT2D eigenvalue weighted by molar-refractivity contribution is -0.0135. The maximum absolute atomic E-state index is 12.6. The topological polar surface area (TPSA) is 78.0 Å². The molecule has 0 spiro atoms. The average Bonchev–Trinajstić information content (AvgIpc) is 3.15. The molecule has 0 aromatic carbocycles. The molecular weight excluding hydrogens is 406 g/mol. The van der Waals surface area contributed by atoms with Crippen molar-refractivity contribution in [2.45, 2.75) is 76.6 Å². The van der Waals surface area contributed by atoms with Gasteiger partial charge in [-0.1, -0.05) is 6.07 Å². The van der Waals surface area contributed by atoms with Crippen LogP contribution in [0.3, 0.4) is 0 Å². The molecule has 4 rings (SSSR count). The van der Waals surface area contributed by atoms with Crippen LogP contribution < -0.4 is 5.32 Å². The second-order valence-electron chi connectivity index (χ2n) is 10.5. The van der Waals surface area contributed by atoms with Crippen LogP contribution in [0.25, 0.3) is 0 Å². The van der Waals surface area contributed by atoms with Crippen molar-refractivity contribution in [2.24, 2.45) is 0 Å². The van der Waals surface area contributed by atoms with Crippen molar-refractivity contribution in [3.8, 4) is 0 Å². The summed E-state index contributed by atoms with van der Waals surface area (Å²) in [6.45, 7) is 12.0. The Balaban J connectivity index is 1.33. The van der Waals surface area contributed by atoms with E-state index in [9.17, 15) is 9.59 Å². The SMILES string of the molecule is CC(C)(C)OC(=O)N1CCC(C)(N2CCC(N3C(=O)NC[C@H]3c3ccccn3)CC2)CC1. The van der Waals surface area contributed by atoms with Gasteiger partial charge in [0.15, 0.2) is 0 Å². The predicted molar refractivity (Wildman–Crippen MR) is 122 cm³/mol. The lowest BCUT2D eigenvalue weighted by Gasteiger charge is -2.50. The van der Waals surface area contributed by atoms with Gasteiger partial charge in [0.05, 0.1) is 11.7 Å². The molecule has 3 saturated heterocycles. The van der Waals surface area contributed by atoms with Gasteiger partial charge in [0.2, 0.25) is 0 Å². The zero-order chi connectivity index (χ0) is 22.9. The average molecular weight is 444 g/mol. The molecule has 0 saturated carbocycles. The van der Waals surface area contributed by atoms with Crippen molar-refractivity contribution in [3.05, 3.63) is 30.1 Å². The van der Waals surface area contributed by atoms with Crippen LogP contribution in [0.4, 0.5) is 9.59 Å². The van der Waals surface area contributed by atoms with Gasteiger partial charge in [-0.25, -0.2) is 9.59 Å². The zero-order valence-electron chi connectivity index (χ0n) is 19.8. The van der Waals surface area contributed by atoms with Crippen LogP contribution in [0.15, 0.2) is 24.4 Å². The smallest absolute Gasteiger partial charge is 0.410 e. The van der Waals surface area contributed by atoms with Crippen LogP contribution >= 0.6 is 0 Å². The van der Waals surface area contributed by atoms with Gasteiger partial charge in [0.25, 0.3) is 0 Å². The fraction of sp³-hybridized carbons (Fsp3) is 0.708. The van der Waals surface area contributed by atoms with E-state index >= 15 is 0 Å². The molecule has 4 heterocycles. The van der Waals surface area contributed by atoms with Gasteiger partial charge in [-0.3, -0.25) is 9.88 Å². The monoisotopic (exact) mass is 443 g/mol. The number of pyridine rings is 1. The maximum atomic E-state index is 12.6. The van der Waals surface area contributed by atoms with Crippen molar-refractivity contribution >= 4 is 12.1 Å². The number of piperidine rings is 2. The molecule has 3 fully saturated rings. The number of ether oxygens (including phenoxy) is 1. The Morgan fingerprint density at radius 2 is 1.84 bits per heavy atom. The largest absolute Gasteiger partial charge is 0.444 e. The molecule has 0 aliphatic carbocycles. The Bertz CT molecular complexity index is 809. The first-order valence-electron chi connectivity index (χ1n) is 11.9.